The number of amides is 1. The van der Waals surface area contributed by atoms with Gasteiger partial charge in [-0.05, 0) is 33.3 Å². The van der Waals surface area contributed by atoms with E-state index in [1.165, 1.54) is 17.2 Å². The third kappa shape index (κ3) is 5.12. The number of hydrogen-bond acceptors (Lipinski definition) is 9. The minimum absolute atomic E-state index is 0.0411. The van der Waals surface area contributed by atoms with Crippen LogP contribution < -0.4 is 0 Å². The van der Waals surface area contributed by atoms with E-state index in [0.29, 0.717) is 0 Å². The second-order valence-electron chi connectivity index (χ2n) is 7.68. The van der Waals surface area contributed by atoms with Crippen molar-refractivity contribution in [3.8, 4) is 0 Å². The molecule has 2 saturated heterocycles. The Hall–Kier alpha value is -1.29. The molecule has 2 fully saturated rings. The second kappa shape index (κ2) is 9.06. The summed E-state index contributed by atoms with van der Waals surface area (Å²) in [7, 11) is -3.93. The van der Waals surface area contributed by atoms with Gasteiger partial charge in [0.2, 0.25) is 5.91 Å². The highest BCUT2D eigenvalue weighted by Gasteiger charge is 2.61. The number of ketones is 1. The fourth-order valence-corrected chi connectivity index (χ4v) is 5.30. The summed E-state index contributed by atoms with van der Waals surface area (Å²) in [4.78, 5) is 35.2. The van der Waals surface area contributed by atoms with Crippen LogP contribution in [0.2, 0.25) is 0 Å². The quantitative estimate of drug-likeness (QED) is 0.183. The molecule has 3 heterocycles. The van der Waals surface area contributed by atoms with Crippen molar-refractivity contribution in [2.45, 2.75) is 69.4 Å². The normalized spacial score (nSPS) is 36.3. The molecule has 3 rings (SSSR count). The van der Waals surface area contributed by atoms with Crippen LogP contribution in [-0.4, -0.2) is 65.2 Å². The van der Waals surface area contributed by atoms with Crippen LogP contribution >= 0.6 is 19.4 Å². The van der Waals surface area contributed by atoms with Crippen LogP contribution in [0.3, 0.4) is 0 Å². The second-order valence-corrected chi connectivity index (χ2v) is 10.1. The first kappa shape index (κ1) is 23.4. The van der Waals surface area contributed by atoms with Crippen LogP contribution in [0.4, 0.5) is 0 Å². The maximum Gasteiger partial charge on any atom is 0.475 e. The molecule has 10 nitrogen and oxygen atoms in total. The van der Waals surface area contributed by atoms with Crippen molar-refractivity contribution >= 4 is 37.1 Å². The van der Waals surface area contributed by atoms with Crippen molar-refractivity contribution in [2.75, 3.05) is 13.2 Å². The summed E-state index contributed by atoms with van der Waals surface area (Å²) in [5, 5.41) is 0. The van der Waals surface area contributed by atoms with Gasteiger partial charge in [-0.25, -0.2) is 4.57 Å². The Balaban J connectivity index is 1.59. The Labute approximate surface area is 179 Å². The molecule has 30 heavy (non-hydrogen) atoms. The van der Waals surface area contributed by atoms with Crippen molar-refractivity contribution in [3.05, 3.63) is 12.3 Å². The van der Waals surface area contributed by atoms with Crippen LogP contribution in [0, 0.1) is 0 Å². The summed E-state index contributed by atoms with van der Waals surface area (Å²) >= 11 is 6.66. The number of phosphoric acid groups is 1. The summed E-state index contributed by atoms with van der Waals surface area (Å²) in [5.74, 6) is -1.14. The van der Waals surface area contributed by atoms with Gasteiger partial charge in [-0.2, -0.15) is 0 Å². The molecule has 12 heteroatoms. The lowest BCUT2D eigenvalue weighted by Crippen LogP contribution is -2.51. The van der Waals surface area contributed by atoms with Gasteiger partial charge < -0.3 is 9.47 Å². The number of ether oxygens (including phenoxy) is 2. The molecule has 0 aromatic heterocycles. The average molecular weight is 466 g/mol. The van der Waals surface area contributed by atoms with Gasteiger partial charge in [0.25, 0.3) is 0 Å². The van der Waals surface area contributed by atoms with Gasteiger partial charge in [-0.3, -0.25) is 32.9 Å². The number of phosphoric ester groups is 1. The van der Waals surface area contributed by atoms with Crippen LogP contribution in [0.15, 0.2) is 12.3 Å². The molecule has 0 N–H and O–H groups in total. The molecule has 0 saturated carbocycles. The molecule has 168 valence electrons. The SMILES string of the molecule is CC(C)OC(=O)CCCO[P@@]1(=O)OC[C@H]2O[C@@H](N3C=CC(=O)CC3=O)[C@](C)(Cl)[C@@H]2O1. The third-order valence-electron chi connectivity index (χ3n) is 4.75. The van der Waals surface area contributed by atoms with E-state index in [-0.39, 0.29) is 50.3 Å². The van der Waals surface area contributed by atoms with E-state index in [2.05, 4.69) is 0 Å². The van der Waals surface area contributed by atoms with Gasteiger partial charge in [0.15, 0.2) is 12.0 Å². The Bertz CT molecular complexity index is 784. The zero-order valence-electron chi connectivity index (χ0n) is 16.9. The first-order chi connectivity index (χ1) is 14.0. The molecule has 0 aromatic carbocycles. The van der Waals surface area contributed by atoms with Crippen LogP contribution in [-0.2, 0) is 42.0 Å². The number of rotatable bonds is 7. The molecular weight excluding hydrogens is 441 g/mol. The fourth-order valence-electron chi connectivity index (χ4n) is 3.38. The Kier molecular flexibility index (Phi) is 7.06. The first-order valence-electron chi connectivity index (χ1n) is 9.65. The van der Waals surface area contributed by atoms with Gasteiger partial charge in [0.1, 0.15) is 17.1 Å². The van der Waals surface area contributed by atoms with Crippen LogP contribution in [0.25, 0.3) is 0 Å². The Morgan fingerprint density at radius 3 is 2.83 bits per heavy atom. The fraction of sp³-hybridized carbons (Fsp3) is 0.722. The smallest absolute Gasteiger partial charge is 0.463 e. The highest BCUT2D eigenvalue weighted by Crippen LogP contribution is 2.59. The number of carbonyl (C=O) groups is 3. The molecular formula is C18H25ClNO9P. The summed E-state index contributed by atoms with van der Waals surface area (Å²) in [6.45, 7) is 4.94. The van der Waals surface area contributed by atoms with E-state index in [1.807, 2.05) is 0 Å². The van der Waals surface area contributed by atoms with Gasteiger partial charge in [-0.1, -0.05) is 0 Å². The monoisotopic (exact) mass is 465 g/mol. The maximum atomic E-state index is 12.8. The van der Waals surface area contributed by atoms with E-state index >= 15 is 0 Å². The largest absolute Gasteiger partial charge is 0.475 e. The van der Waals surface area contributed by atoms with Crippen molar-refractivity contribution < 1.29 is 42.0 Å². The van der Waals surface area contributed by atoms with Gasteiger partial charge in [-0.15, -0.1) is 11.6 Å². The van der Waals surface area contributed by atoms with Gasteiger partial charge in [0.05, 0.1) is 25.7 Å². The number of fused-ring (bicyclic) bond motifs is 1. The van der Waals surface area contributed by atoms with Crippen molar-refractivity contribution in [1.29, 1.82) is 0 Å². The summed E-state index contributed by atoms with van der Waals surface area (Å²) in [6, 6.07) is 0. The highest BCUT2D eigenvalue weighted by atomic mass is 35.5. The van der Waals surface area contributed by atoms with Gasteiger partial charge in [0, 0.05) is 12.6 Å². The molecule has 0 spiro atoms. The van der Waals surface area contributed by atoms with E-state index in [0.717, 1.165) is 0 Å². The number of hydrogen-bond donors (Lipinski definition) is 0. The van der Waals surface area contributed by atoms with Crippen molar-refractivity contribution in [3.63, 3.8) is 0 Å². The van der Waals surface area contributed by atoms with Crippen LogP contribution in [0.5, 0.6) is 0 Å². The van der Waals surface area contributed by atoms with Crippen LogP contribution in [0.1, 0.15) is 40.0 Å². The topological polar surface area (TPSA) is 118 Å². The minimum Gasteiger partial charge on any atom is -0.463 e. The molecule has 3 aliphatic heterocycles. The molecule has 5 atom stereocenters. The molecule has 3 aliphatic rings. The Morgan fingerprint density at radius 2 is 2.17 bits per heavy atom. The highest BCUT2D eigenvalue weighted by molar-refractivity contribution is 7.48. The number of esters is 1. The lowest BCUT2D eigenvalue weighted by molar-refractivity contribution is -0.148. The summed E-state index contributed by atoms with van der Waals surface area (Å²) in [6.07, 6.45) is -0.0194. The lowest BCUT2D eigenvalue weighted by Gasteiger charge is -2.36. The third-order valence-corrected chi connectivity index (χ3v) is 6.60. The Morgan fingerprint density at radius 1 is 1.43 bits per heavy atom. The predicted octanol–water partition coefficient (Wildman–Crippen LogP) is 2.30. The number of carbonyl (C=O) groups excluding carboxylic acids is 3. The molecule has 0 radical (unpaired) electrons. The van der Waals surface area contributed by atoms with E-state index in [9.17, 15) is 18.9 Å². The average Bonchev–Trinajstić information content (AvgIpc) is 2.89. The molecule has 1 amide bonds. The summed E-state index contributed by atoms with van der Waals surface area (Å²) in [5.41, 5.74) is 0. The van der Waals surface area contributed by atoms with E-state index in [1.54, 1.807) is 20.8 Å². The number of allylic oxidation sites excluding steroid dienone is 1. The molecule has 0 unspecified atom stereocenters. The molecule has 0 bridgehead atoms. The van der Waals surface area contributed by atoms with Crippen molar-refractivity contribution in [2.24, 2.45) is 0 Å². The minimum atomic E-state index is -3.93. The van der Waals surface area contributed by atoms with Crippen molar-refractivity contribution in [1.82, 2.24) is 4.90 Å². The molecule has 0 aromatic rings. The molecule has 0 aliphatic carbocycles. The number of nitrogens with zero attached hydrogens (tertiary/aromatic N) is 1. The maximum absolute atomic E-state index is 12.8. The number of halogens is 1. The first-order valence-corrected chi connectivity index (χ1v) is 11.5. The van der Waals surface area contributed by atoms with Gasteiger partial charge >= 0.3 is 13.8 Å². The predicted molar refractivity (Wildman–Crippen MR) is 103 cm³/mol. The standard InChI is InChI=1S/C18H25ClNO9P/c1-11(2)27-15(23)5-4-8-25-30(24)26-10-13-16(29-30)18(3,19)17(28-13)20-7-6-12(21)9-14(20)22/h6-7,11,13,16-17H,4-5,8-10H2,1-3H3/t13-,16-,17-,18-,30+/m1/s1. The zero-order chi connectivity index (χ0) is 22.1. The van der Waals surface area contributed by atoms with E-state index < -0.39 is 37.0 Å². The zero-order valence-corrected chi connectivity index (χ0v) is 18.6. The van der Waals surface area contributed by atoms with E-state index in [4.69, 9.17) is 34.6 Å². The summed E-state index contributed by atoms with van der Waals surface area (Å²) < 4.78 is 39.8. The lowest BCUT2D eigenvalue weighted by atomic mass is 9.99. The number of alkyl halides is 1.